The first-order valence-corrected chi connectivity index (χ1v) is 12.5. The molecule has 6 N–H and O–H groups in total. The van der Waals surface area contributed by atoms with E-state index in [0.717, 1.165) is 11.1 Å². The summed E-state index contributed by atoms with van der Waals surface area (Å²) in [5.41, 5.74) is 2.84. The van der Waals surface area contributed by atoms with Gasteiger partial charge in [-0.2, -0.15) is 0 Å². The van der Waals surface area contributed by atoms with E-state index in [9.17, 15) is 28.6 Å². The van der Waals surface area contributed by atoms with Crippen molar-refractivity contribution in [2.45, 2.75) is 35.4 Å². The third-order valence-corrected chi connectivity index (χ3v) is 8.20. The Hall–Kier alpha value is -2.34. The van der Waals surface area contributed by atoms with Crippen molar-refractivity contribution >= 4 is 21.2 Å². The highest BCUT2D eigenvalue weighted by Crippen LogP contribution is 2.51. The molecule has 3 aromatic rings. The van der Waals surface area contributed by atoms with Crippen LogP contribution in [0.1, 0.15) is 22.3 Å². The van der Waals surface area contributed by atoms with Crippen LogP contribution in [0.4, 0.5) is 0 Å². The quantitative estimate of drug-likeness (QED) is 0.247. The molecule has 0 atom stereocenters. The van der Waals surface area contributed by atoms with E-state index in [2.05, 4.69) is 0 Å². The van der Waals surface area contributed by atoms with Crippen molar-refractivity contribution in [2.75, 3.05) is 0 Å². The third kappa shape index (κ3) is 4.69. The summed E-state index contributed by atoms with van der Waals surface area (Å²) in [5.74, 6) is -0.174. The monoisotopic (exact) mass is 454 g/mol. The van der Waals surface area contributed by atoms with E-state index in [-0.39, 0.29) is 21.6 Å². The van der Waals surface area contributed by atoms with Crippen LogP contribution in [-0.4, -0.2) is 28.6 Å². The van der Waals surface area contributed by atoms with Gasteiger partial charge in [-0.25, -0.2) is 0 Å². The van der Waals surface area contributed by atoms with Crippen molar-refractivity contribution in [2.24, 2.45) is 0 Å². The standard InChI is InChI=1S/C20H24N2O6S2/c1-15-11-18(14-30(27,28)20-8-4-6-10-22(20)24)16(2)12-17(15)13-29(25,26)19-7-3-5-9-21(19)23/h3-12H,13-14H2,1-2H3,(H4-2,23,24,25,26,27,28)/p+2. The van der Waals surface area contributed by atoms with E-state index < -0.39 is 21.2 Å². The third-order valence-electron chi connectivity index (χ3n) is 4.78. The topological polar surface area (TPSA) is 129 Å². The Morgan fingerprint density at radius 2 is 1.03 bits per heavy atom. The van der Waals surface area contributed by atoms with Crippen molar-refractivity contribution in [1.82, 2.24) is 0 Å². The predicted octanol–water partition coefficient (Wildman–Crippen LogP) is 3.97. The molecular formula is C20H26N2O6S2+2. The fourth-order valence-electron chi connectivity index (χ4n) is 3.18. The molecule has 0 radical (unpaired) electrons. The average Bonchev–Trinajstić information content (AvgIpc) is 2.66. The van der Waals surface area contributed by atoms with Gasteiger partial charge in [0.2, 0.25) is 12.4 Å². The van der Waals surface area contributed by atoms with Gasteiger partial charge in [0.05, 0.1) is 11.5 Å². The Bertz CT molecular complexity index is 990. The zero-order chi connectivity index (χ0) is 22.1. The summed E-state index contributed by atoms with van der Waals surface area (Å²) in [7, 11) is -6.59. The molecule has 0 saturated carbocycles. The van der Waals surface area contributed by atoms with Gasteiger partial charge in [-0.3, -0.25) is 28.6 Å². The summed E-state index contributed by atoms with van der Waals surface area (Å²) in [4.78, 5) is 0. The number of hydrogen-bond acceptors (Lipinski definition) is 6. The van der Waals surface area contributed by atoms with Crippen molar-refractivity contribution in [3.8, 4) is 0 Å². The molecule has 2 heterocycles. The van der Waals surface area contributed by atoms with Crippen LogP contribution in [0.25, 0.3) is 0 Å². The largest absolute Gasteiger partial charge is 0.344 e. The summed E-state index contributed by atoms with van der Waals surface area (Å²) in [6.45, 7) is 3.60. The SMILES string of the molecule is Cc1cc(CS(O)(O)c2cccc[n+]2O)c(C)cc1CS(O)(O)c1cccc[n+]1O. The van der Waals surface area contributed by atoms with E-state index in [1.807, 2.05) is 0 Å². The van der Waals surface area contributed by atoms with Crippen LogP contribution in [0.15, 0.2) is 71.0 Å². The van der Waals surface area contributed by atoms with Crippen molar-refractivity contribution < 1.29 is 38.1 Å². The molecule has 2 aromatic heterocycles. The van der Waals surface area contributed by atoms with Gasteiger partial charge in [0.15, 0.2) is 0 Å². The van der Waals surface area contributed by atoms with Gasteiger partial charge in [-0.15, -0.1) is 21.2 Å². The van der Waals surface area contributed by atoms with Crippen LogP contribution >= 0.6 is 21.2 Å². The van der Waals surface area contributed by atoms with Crippen molar-refractivity contribution in [3.05, 3.63) is 83.2 Å². The Kier molecular flexibility index (Phi) is 6.27. The predicted molar refractivity (Wildman–Crippen MR) is 113 cm³/mol. The van der Waals surface area contributed by atoms with Crippen LogP contribution in [0, 0.1) is 13.8 Å². The number of pyridine rings is 2. The minimum absolute atomic E-state index is 0.0110. The minimum Gasteiger partial charge on any atom is -0.290 e. The first-order chi connectivity index (χ1) is 14.0. The summed E-state index contributed by atoms with van der Waals surface area (Å²) < 4.78 is 43.9. The molecule has 162 valence electrons. The van der Waals surface area contributed by atoms with Crippen LogP contribution in [-0.2, 0) is 11.5 Å². The van der Waals surface area contributed by atoms with Crippen molar-refractivity contribution in [3.63, 3.8) is 0 Å². The second-order valence-corrected chi connectivity index (χ2v) is 11.2. The molecule has 8 nitrogen and oxygen atoms in total. The van der Waals surface area contributed by atoms with Gasteiger partial charge in [-0.1, -0.05) is 12.1 Å². The summed E-state index contributed by atoms with van der Waals surface area (Å²) >= 11 is 0. The molecule has 10 heteroatoms. The maximum Gasteiger partial charge on any atom is 0.344 e. The molecule has 0 spiro atoms. The normalized spacial score (nSPS) is 13.3. The fraction of sp³-hybridized carbons (Fsp3) is 0.200. The lowest BCUT2D eigenvalue weighted by Crippen LogP contribution is -2.35. The molecule has 0 bridgehead atoms. The molecule has 30 heavy (non-hydrogen) atoms. The Balaban J connectivity index is 1.89. The molecule has 0 aliphatic carbocycles. The molecule has 3 rings (SSSR count). The Labute approximate surface area is 177 Å². The van der Waals surface area contributed by atoms with Crippen LogP contribution in [0.2, 0.25) is 0 Å². The van der Waals surface area contributed by atoms with E-state index in [4.69, 9.17) is 0 Å². The highest BCUT2D eigenvalue weighted by molar-refractivity contribution is 8.23. The van der Waals surface area contributed by atoms with Crippen molar-refractivity contribution in [1.29, 1.82) is 0 Å². The van der Waals surface area contributed by atoms with Gasteiger partial charge < -0.3 is 0 Å². The maximum absolute atomic E-state index is 10.6. The first-order valence-electron chi connectivity index (χ1n) is 9.02. The number of aryl methyl sites for hydroxylation is 2. The molecule has 0 aliphatic heterocycles. The number of benzene rings is 1. The average molecular weight is 455 g/mol. The number of nitrogens with zero attached hydrogens (tertiary/aromatic N) is 2. The van der Waals surface area contributed by atoms with E-state index in [1.54, 1.807) is 50.2 Å². The van der Waals surface area contributed by atoms with Crippen LogP contribution < -0.4 is 9.46 Å². The molecule has 0 aliphatic rings. The second kappa shape index (κ2) is 8.42. The van der Waals surface area contributed by atoms with Crippen LogP contribution in [0.5, 0.6) is 0 Å². The Morgan fingerprint density at radius 1 is 0.667 bits per heavy atom. The van der Waals surface area contributed by atoms with E-state index in [0.29, 0.717) is 20.6 Å². The lowest BCUT2D eigenvalue weighted by Gasteiger charge is -2.30. The van der Waals surface area contributed by atoms with Gasteiger partial charge in [0, 0.05) is 33.7 Å². The molecule has 0 unspecified atom stereocenters. The fourth-order valence-corrected chi connectivity index (χ4v) is 6.28. The lowest BCUT2D eigenvalue weighted by molar-refractivity contribution is -0.933. The smallest absolute Gasteiger partial charge is 0.290 e. The highest BCUT2D eigenvalue weighted by atomic mass is 32.3. The number of rotatable bonds is 6. The number of aromatic nitrogens is 2. The van der Waals surface area contributed by atoms with E-state index >= 15 is 0 Å². The van der Waals surface area contributed by atoms with E-state index in [1.165, 1.54) is 24.5 Å². The van der Waals surface area contributed by atoms with Gasteiger partial charge in [0.1, 0.15) is 0 Å². The zero-order valence-electron chi connectivity index (χ0n) is 16.6. The first kappa shape index (κ1) is 22.3. The highest BCUT2D eigenvalue weighted by Gasteiger charge is 2.30. The molecular weight excluding hydrogens is 428 g/mol. The van der Waals surface area contributed by atoms with Crippen LogP contribution in [0.3, 0.4) is 0 Å². The summed E-state index contributed by atoms with van der Waals surface area (Å²) in [6.07, 6.45) is 2.65. The maximum atomic E-state index is 10.6. The summed E-state index contributed by atoms with van der Waals surface area (Å²) in [5, 5.41) is 19.8. The zero-order valence-corrected chi connectivity index (χ0v) is 18.2. The van der Waals surface area contributed by atoms with Gasteiger partial charge >= 0.3 is 10.1 Å². The Morgan fingerprint density at radius 3 is 1.37 bits per heavy atom. The second-order valence-electron chi connectivity index (χ2n) is 7.09. The molecule has 0 fully saturated rings. The summed E-state index contributed by atoms with van der Waals surface area (Å²) in [6, 6.07) is 12.8. The number of hydrogen-bond donors (Lipinski definition) is 6. The molecule has 0 amide bonds. The van der Waals surface area contributed by atoms with Gasteiger partial charge in [-0.05, 0) is 48.2 Å². The van der Waals surface area contributed by atoms with Gasteiger partial charge in [0.25, 0.3) is 0 Å². The minimum atomic E-state index is -3.30. The molecule has 1 aromatic carbocycles. The molecule has 0 saturated heterocycles. The lowest BCUT2D eigenvalue weighted by atomic mass is 10.0.